The SMILES string of the molecule is C=CCN(Cn1nnc2ccccc21)C(=O)[C@H]1N([C@@H](CC)CO)C(=O)[C@@H]2[C@@H](C(=O)O)[C@@H]3O[C@@]21CC3Br. The zero-order valence-corrected chi connectivity index (χ0v) is 21.3. The van der Waals surface area contributed by atoms with Gasteiger partial charge in [0, 0.05) is 11.4 Å². The first-order valence-corrected chi connectivity index (χ1v) is 12.9. The Morgan fingerprint density at radius 2 is 2.17 bits per heavy atom. The molecule has 192 valence electrons. The summed E-state index contributed by atoms with van der Waals surface area (Å²) in [6.07, 6.45) is 1.55. The standard InChI is InChI=1S/C24H28BrN5O6/c1-3-9-28(12-29-16-8-6-5-7-15(16)26-27-29)22(33)20-24-10-14(25)19(36-24)17(23(34)35)18(24)21(32)30(20)13(4-2)11-31/h3,5-8,13-14,17-20,31H,1,4,9-12H2,2H3,(H,34,35)/t13-,14?,17+,18-,19+,20+,24-/m0/s1. The smallest absolute Gasteiger partial charge is 0.310 e. The van der Waals surface area contributed by atoms with Crippen LogP contribution in [0, 0.1) is 11.8 Å². The number of para-hydroxylation sites is 1. The Hall–Kier alpha value is -2.83. The van der Waals surface area contributed by atoms with Crippen LogP contribution in [0.4, 0.5) is 0 Å². The molecule has 5 rings (SSSR count). The number of alkyl halides is 1. The maximum absolute atomic E-state index is 14.3. The molecule has 7 atom stereocenters. The van der Waals surface area contributed by atoms with E-state index >= 15 is 0 Å². The average molecular weight is 562 g/mol. The Labute approximate surface area is 215 Å². The number of ether oxygens (including phenoxy) is 1. The third-order valence-electron chi connectivity index (χ3n) is 7.71. The lowest BCUT2D eigenvalue weighted by Crippen LogP contribution is -2.59. The van der Waals surface area contributed by atoms with Crippen LogP contribution < -0.4 is 0 Å². The molecule has 2 amide bonds. The van der Waals surface area contributed by atoms with Gasteiger partial charge in [-0.2, -0.15) is 0 Å². The number of carbonyl (C=O) groups excluding carboxylic acids is 2. The van der Waals surface area contributed by atoms with Gasteiger partial charge in [-0.05, 0) is 25.0 Å². The van der Waals surface area contributed by atoms with Gasteiger partial charge in [0.05, 0.1) is 36.1 Å². The highest BCUT2D eigenvalue weighted by Gasteiger charge is 2.77. The molecule has 3 fully saturated rings. The van der Waals surface area contributed by atoms with Crippen LogP contribution in [0.15, 0.2) is 36.9 Å². The van der Waals surface area contributed by atoms with E-state index in [0.29, 0.717) is 18.4 Å². The Bertz CT molecular complexity index is 1220. The summed E-state index contributed by atoms with van der Waals surface area (Å²) >= 11 is 3.54. The molecule has 0 aliphatic carbocycles. The van der Waals surface area contributed by atoms with Gasteiger partial charge in [-0.1, -0.05) is 46.3 Å². The van der Waals surface area contributed by atoms with E-state index in [9.17, 15) is 24.6 Å². The van der Waals surface area contributed by atoms with Crippen molar-refractivity contribution < 1.29 is 29.3 Å². The van der Waals surface area contributed by atoms with E-state index in [1.807, 2.05) is 31.2 Å². The fraction of sp³-hybridized carbons (Fsp3) is 0.542. The highest BCUT2D eigenvalue weighted by molar-refractivity contribution is 9.09. The number of aliphatic hydroxyl groups excluding tert-OH is 1. The van der Waals surface area contributed by atoms with Crippen molar-refractivity contribution in [3.63, 3.8) is 0 Å². The first-order chi connectivity index (χ1) is 17.3. The molecule has 1 spiro atoms. The number of fused-ring (bicyclic) bond motifs is 2. The minimum atomic E-state index is -1.32. The van der Waals surface area contributed by atoms with Crippen LogP contribution in [-0.4, -0.2) is 94.6 Å². The van der Waals surface area contributed by atoms with Gasteiger partial charge in [-0.15, -0.1) is 11.7 Å². The van der Waals surface area contributed by atoms with E-state index in [2.05, 4.69) is 32.8 Å². The van der Waals surface area contributed by atoms with Crippen molar-refractivity contribution in [2.75, 3.05) is 13.2 Å². The van der Waals surface area contributed by atoms with Gasteiger partial charge in [-0.25, -0.2) is 4.68 Å². The Balaban J connectivity index is 1.57. The summed E-state index contributed by atoms with van der Waals surface area (Å²) in [5.41, 5.74) is 0.0964. The number of hydrogen-bond donors (Lipinski definition) is 2. The quantitative estimate of drug-likeness (QED) is 0.341. The topological polar surface area (TPSA) is 138 Å². The molecule has 3 aliphatic heterocycles. The molecule has 1 aromatic heterocycles. The zero-order valence-electron chi connectivity index (χ0n) is 19.7. The van der Waals surface area contributed by atoms with Crippen LogP contribution in [0.5, 0.6) is 0 Å². The van der Waals surface area contributed by atoms with Gasteiger partial charge in [-0.3, -0.25) is 14.4 Å². The third kappa shape index (κ3) is 3.49. The van der Waals surface area contributed by atoms with Crippen molar-refractivity contribution in [2.45, 2.75) is 55.0 Å². The summed E-state index contributed by atoms with van der Waals surface area (Å²) < 4.78 is 7.89. The lowest BCUT2D eigenvalue weighted by molar-refractivity contribution is -0.154. The molecule has 0 saturated carbocycles. The number of aliphatic hydroxyl groups is 1. The largest absolute Gasteiger partial charge is 0.481 e. The number of rotatable bonds is 9. The fourth-order valence-electron chi connectivity index (χ4n) is 6.17. The van der Waals surface area contributed by atoms with E-state index in [4.69, 9.17) is 4.74 Å². The molecular weight excluding hydrogens is 534 g/mol. The molecular formula is C24H28BrN5O6. The molecule has 2 aromatic rings. The van der Waals surface area contributed by atoms with Gasteiger partial charge in [0.1, 0.15) is 23.8 Å². The van der Waals surface area contributed by atoms with Crippen LogP contribution >= 0.6 is 15.9 Å². The number of amides is 2. The number of hydrogen-bond acceptors (Lipinski definition) is 7. The number of carbonyl (C=O) groups is 3. The highest BCUT2D eigenvalue weighted by atomic mass is 79.9. The van der Waals surface area contributed by atoms with Gasteiger partial charge >= 0.3 is 5.97 Å². The van der Waals surface area contributed by atoms with Gasteiger partial charge < -0.3 is 24.7 Å². The molecule has 3 aliphatic rings. The van der Waals surface area contributed by atoms with E-state index in [1.54, 1.807) is 10.8 Å². The van der Waals surface area contributed by atoms with E-state index in [1.165, 1.54) is 9.80 Å². The van der Waals surface area contributed by atoms with E-state index in [-0.39, 0.29) is 24.6 Å². The molecule has 4 heterocycles. The Kier molecular flexibility index (Phi) is 6.38. The van der Waals surface area contributed by atoms with E-state index in [0.717, 1.165) is 5.52 Å². The number of carboxylic acid groups (broad SMARTS) is 1. The molecule has 36 heavy (non-hydrogen) atoms. The highest BCUT2D eigenvalue weighted by Crippen LogP contribution is 2.60. The second-order valence-corrected chi connectivity index (χ2v) is 10.7. The van der Waals surface area contributed by atoms with Crippen LogP contribution in [0.1, 0.15) is 19.8 Å². The zero-order chi connectivity index (χ0) is 25.8. The second-order valence-electron chi connectivity index (χ2n) is 9.56. The molecule has 11 nitrogen and oxygen atoms in total. The van der Waals surface area contributed by atoms with Crippen molar-refractivity contribution in [1.82, 2.24) is 24.8 Å². The van der Waals surface area contributed by atoms with Crippen LogP contribution in [0.2, 0.25) is 0 Å². The molecule has 2 N–H and O–H groups in total. The summed E-state index contributed by atoms with van der Waals surface area (Å²) in [7, 11) is 0. The lowest BCUT2D eigenvalue weighted by atomic mass is 9.70. The van der Waals surface area contributed by atoms with Gasteiger partial charge in [0.2, 0.25) is 11.8 Å². The fourth-order valence-corrected chi connectivity index (χ4v) is 7.11. The normalized spacial score (nSPS) is 31.6. The summed E-state index contributed by atoms with van der Waals surface area (Å²) in [6, 6.07) is 5.60. The summed E-state index contributed by atoms with van der Waals surface area (Å²) in [4.78, 5) is 42.9. The number of aliphatic carboxylic acids is 1. The van der Waals surface area contributed by atoms with Gasteiger partial charge in [0.15, 0.2) is 0 Å². The van der Waals surface area contributed by atoms with E-state index < -0.39 is 53.4 Å². The third-order valence-corrected chi connectivity index (χ3v) is 8.55. The number of nitrogens with zero attached hydrogens (tertiary/aromatic N) is 5. The van der Waals surface area contributed by atoms with Crippen molar-refractivity contribution in [2.24, 2.45) is 11.8 Å². The summed E-state index contributed by atoms with van der Waals surface area (Å²) in [6.45, 7) is 5.44. The minimum absolute atomic E-state index is 0.0457. The number of aromatic nitrogens is 3. The molecule has 2 bridgehead atoms. The first-order valence-electron chi connectivity index (χ1n) is 11.9. The average Bonchev–Trinajstić information content (AvgIpc) is 3.57. The van der Waals surface area contributed by atoms with Crippen LogP contribution in [-0.2, 0) is 25.8 Å². The molecule has 1 aromatic carbocycles. The Morgan fingerprint density at radius 3 is 2.83 bits per heavy atom. The summed E-state index contributed by atoms with van der Waals surface area (Å²) in [5, 5.41) is 28.4. The number of likely N-dealkylation sites (tertiary alicyclic amines) is 1. The monoisotopic (exact) mass is 561 g/mol. The second kappa shape index (κ2) is 9.24. The maximum Gasteiger partial charge on any atom is 0.310 e. The molecule has 12 heteroatoms. The molecule has 3 saturated heterocycles. The molecule has 0 radical (unpaired) electrons. The van der Waals surface area contributed by atoms with Crippen molar-refractivity contribution in [3.8, 4) is 0 Å². The van der Waals surface area contributed by atoms with Crippen molar-refractivity contribution in [3.05, 3.63) is 36.9 Å². The van der Waals surface area contributed by atoms with Gasteiger partial charge in [0.25, 0.3) is 0 Å². The summed E-state index contributed by atoms with van der Waals surface area (Å²) in [5.74, 6) is -4.11. The van der Waals surface area contributed by atoms with Crippen LogP contribution in [0.3, 0.4) is 0 Å². The van der Waals surface area contributed by atoms with Crippen LogP contribution in [0.25, 0.3) is 11.0 Å². The predicted octanol–water partition coefficient (Wildman–Crippen LogP) is 1.01. The Morgan fingerprint density at radius 1 is 1.42 bits per heavy atom. The number of benzene rings is 1. The van der Waals surface area contributed by atoms with Crippen molar-refractivity contribution >= 4 is 44.7 Å². The lowest BCUT2D eigenvalue weighted by Gasteiger charge is -2.39. The first kappa shape index (κ1) is 24.8. The number of carboxylic acids is 1. The maximum atomic E-state index is 14.3. The minimum Gasteiger partial charge on any atom is -0.481 e. The van der Waals surface area contributed by atoms with Crippen molar-refractivity contribution in [1.29, 1.82) is 0 Å². The predicted molar refractivity (Wildman–Crippen MR) is 131 cm³/mol. The molecule has 1 unspecified atom stereocenters. The number of halogens is 1.